The molecule has 0 radical (unpaired) electrons. The standard InChI is InChI=1S/C17H23NO2/c1-11(2)16(19)15-6-5-9-18(17(15)20)14-8-7-12(3)13(4)10-14/h7-8,10-11,15H,5-6,9H2,1-4H3. The van der Waals surface area contributed by atoms with Crippen molar-refractivity contribution in [3.63, 3.8) is 0 Å². The summed E-state index contributed by atoms with van der Waals surface area (Å²) in [5.41, 5.74) is 3.31. The number of hydrogen-bond acceptors (Lipinski definition) is 2. The molecule has 0 aliphatic carbocycles. The van der Waals surface area contributed by atoms with Crippen LogP contribution in [-0.4, -0.2) is 18.2 Å². The minimum Gasteiger partial charge on any atom is -0.312 e. The molecular formula is C17H23NO2. The summed E-state index contributed by atoms with van der Waals surface area (Å²) in [6.07, 6.45) is 1.58. The van der Waals surface area contributed by atoms with E-state index < -0.39 is 5.92 Å². The second-order valence-electron chi connectivity index (χ2n) is 6.01. The normalized spacial score (nSPS) is 19.6. The van der Waals surface area contributed by atoms with Gasteiger partial charge in [-0.15, -0.1) is 0 Å². The molecule has 20 heavy (non-hydrogen) atoms. The summed E-state index contributed by atoms with van der Waals surface area (Å²) >= 11 is 0. The lowest BCUT2D eigenvalue weighted by Gasteiger charge is -2.32. The van der Waals surface area contributed by atoms with Crippen LogP contribution in [0.25, 0.3) is 0 Å². The Hall–Kier alpha value is -1.64. The molecule has 1 amide bonds. The molecule has 2 rings (SSSR count). The number of anilines is 1. The molecule has 0 spiro atoms. The predicted octanol–water partition coefficient (Wildman–Crippen LogP) is 3.27. The third-order valence-corrected chi connectivity index (χ3v) is 4.15. The van der Waals surface area contributed by atoms with Gasteiger partial charge in [0.1, 0.15) is 5.78 Å². The Labute approximate surface area is 121 Å². The van der Waals surface area contributed by atoms with Gasteiger partial charge in [0.05, 0.1) is 5.92 Å². The van der Waals surface area contributed by atoms with Crippen molar-refractivity contribution in [1.29, 1.82) is 0 Å². The molecule has 1 fully saturated rings. The zero-order valence-electron chi connectivity index (χ0n) is 12.8. The van der Waals surface area contributed by atoms with Gasteiger partial charge < -0.3 is 4.90 Å². The van der Waals surface area contributed by atoms with Gasteiger partial charge >= 0.3 is 0 Å². The number of amides is 1. The van der Waals surface area contributed by atoms with Gasteiger partial charge in [0.2, 0.25) is 5.91 Å². The van der Waals surface area contributed by atoms with Crippen molar-refractivity contribution in [2.75, 3.05) is 11.4 Å². The van der Waals surface area contributed by atoms with Gasteiger partial charge in [-0.2, -0.15) is 0 Å². The minimum absolute atomic E-state index is 0.0294. The van der Waals surface area contributed by atoms with Crippen LogP contribution in [-0.2, 0) is 9.59 Å². The van der Waals surface area contributed by atoms with Gasteiger partial charge in [-0.25, -0.2) is 0 Å². The number of benzene rings is 1. The molecule has 0 saturated carbocycles. The summed E-state index contributed by atoms with van der Waals surface area (Å²) in [5.74, 6) is -0.490. The molecule has 3 heteroatoms. The van der Waals surface area contributed by atoms with Crippen molar-refractivity contribution >= 4 is 17.4 Å². The van der Waals surface area contributed by atoms with E-state index in [1.54, 1.807) is 4.90 Å². The zero-order chi connectivity index (χ0) is 14.9. The molecule has 108 valence electrons. The number of carbonyl (C=O) groups excluding carboxylic acids is 2. The highest BCUT2D eigenvalue weighted by Gasteiger charge is 2.35. The molecule has 1 aromatic rings. The van der Waals surface area contributed by atoms with Crippen molar-refractivity contribution in [3.8, 4) is 0 Å². The van der Waals surface area contributed by atoms with E-state index >= 15 is 0 Å². The van der Waals surface area contributed by atoms with Gasteiger partial charge in [-0.05, 0) is 49.9 Å². The number of carbonyl (C=O) groups is 2. The highest BCUT2D eigenvalue weighted by atomic mass is 16.2. The maximum atomic E-state index is 12.6. The number of nitrogens with zero attached hydrogens (tertiary/aromatic N) is 1. The molecule has 1 unspecified atom stereocenters. The fourth-order valence-electron chi connectivity index (χ4n) is 2.69. The molecule has 0 aromatic heterocycles. The summed E-state index contributed by atoms with van der Waals surface area (Å²) in [5, 5.41) is 0. The number of ketones is 1. The second-order valence-corrected chi connectivity index (χ2v) is 6.01. The Bertz CT molecular complexity index is 534. The first-order chi connectivity index (χ1) is 9.41. The highest BCUT2D eigenvalue weighted by molar-refractivity contribution is 6.09. The first kappa shape index (κ1) is 14.8. The number of rotatable bonds is 3. The molecule has 1 aliphatic heterocycles. The van der Waals surface area contributed by atoms with Gasteiger partial charge in [0, 0.05) is 18.2 Å². The quantitative estimate of drug-likeness (QED) is 0.793. The van der Waals surface area contributed by atoms with Crippen molar-refractivity contribution in [2.24, 2.45) is 11.8 Å². The van der Waals surface area contributed by atoms with Crippen LogP contribution < -0.4 is 4.90 Å². The van der Waals surface area contributed by atoms with E-state index in [4.69, 9.17) is 0 Å². The van der Waals surface area contributed by atoms with Crippen LogP contribution in [0, 0.1) is 25.7 Å². The lowest BCUT2D eigenvalue weighted by Crippen LogP contribution is -2.45. The summed E-state index contributed by atoms with van der Waals surface area (Å²) in [7, 11) is 0. The van der Waals surface area contributed by atoms with Crippen LogP contribution in [0.4, 0.5) is 5.69 Å². The van der Waals surface area contributed by atoms with E-state index in [9.17, 15) is 9.59 Å². The van der Waals surface area contributed by atoms with Crippen LogP contribution in [0.5, 0.6) is 0 Å². The Balaban J connectivity index is 2.26. The fourth-order valence-corrected chi connectivity index (χ4v) is 2.69. The first-order valence-corrected chi connectivity index (χ1v) is 7.34. The number of Topliss-reactive ketones (excluding diaryl/α,β-unsaturated/α-hetero) is 1. The lowest BCUT2D eigenvalue weighted by atomic mass is 9.87. The van der Waals surface area contributed by atoms with E-state index in [2.05, 4.69) is 6.92 Å². The number of piperidine rings is 1. The van der Waals surface area contributed by atoms with E-state index in [-0.39, 0.29) is 17.6 Å². The van der Waals surface area contributed by atoms with Crippen LogP contribution in [0.3, 0.4) is 0 Å². The van der Waals surface area contributed by atoms with Crippen molar-refractivity contribution in [1.82, 2.24) is 0 Å². The van der Waals surface area contributed by atoms with E-state index in [1.165, 1.54) is 11.1 Å². The average molecular weight is 273 g/mol. The topological polar surface area (TPSA) is 37.4 Å². The van der Waals surface area contributed by atoms with E-state index in [0.29, 0.717) is 13.0 Å². The molecule has 1 atom stereocenters. The number of hydrogen-bond donors (Lipinski definition) is 0. The highest BCUT2D eigenvalue weighted by Crippen LogP contribution is 2.27. The van der Waals surface area contributed by atoms with Gasteiger partial charge in [0.15, 0.2) is 0 Å². The molecular weight excluding hydrogens is 250 g/mol. The fraction of sp³-hybridized carbons (Fsp3) is 0.529. The summed E-state index contributed by atoms with van der Waals surface area (Å²) in [6, 6.07) is 6.05. The van der Waals surface area contributed by atoms with Gasteiger partial charge in [-0.3, -0.25) is 9.59 Å². The Morgan fingerprint density at radius 3 is 2.55 bits per heavy atom. The number of aryl methyl sites for hydroxylation is 2. The third kappa shape index (κ3) is 2.77. The third-order valence-electron chi connectivity index (χ3n) is 4.15. The Morgan fingerprint density at radius 2 is 1.95 bits per heavy atom. The van der Waals surface area contributed by atoms with Crippen LogP contribution in [0.15, 0.2) is 18.2 Å². The van der Waals surface area contributed by atoms with Crippen molar-refractivity contribution < 1.29 is 9.59 Å². The van der Waals surface area contributed by atoms with Gasteiger partial charge in [0.25, 0.3) is 0 Å². The molecule has 1 saturated heterocycles. The molecule has 1 aromatic carbocycles. The summed E-state index contributed by atoms with van der Waals surface area (Å²) < 4.78 is 0. The maximum absolute atomic E-state index is 12.6. The molecule has 3 nitrogen and oxygen atoms in total. The van der Waals surface area contributed by atoms with Crippen molar-refractivity contribution in [2.45, 2.75) is 40.5 Å². The monoisotopic (exact) mass is 273 g/mol. The largest absolute Gasteiger partial charge is 0.312 e. The smallest absolute Gasteiger partial charge is 0.237 e. The molecule has 1 heterocycles. The second kappa shape index (κ2) is 5.78. The lowest BCUT2D eigenvalue weighted by molar-refractivity contribution is -0.135. The summed E-state index contributed by atoms with van der Waals surface area (Å²) in [6.45, 7) is 8.55. The minimum atomic E-state index is -0.453. The average Bonchev–Trinajstić information content (AvgIpc) is 2.41. The Kier molecular flexibility index (Phi) is 4.26. The van der Waals surface area contributed by atoms with Crippen molar-refractivity contribution in [3.05, 3.63) is 29.3 Å². The molecule has 0 N–H and O–H groups in total. The predicted molar refractivity (Wildman–Crippen MR) is 80.8 cm³/mol. The summed E-state index contributed by atoms with van der Waals surface area (Å²) in [4.78, 5) is 26.5. The molecule has 0 bridgehead atoms. The molecule has 1 aliphatic rings. The maximum Gasteiger partial charge on any atom is 0.237 e. The first-order valence-electron chi connectivity index (χ1n) is 7.34. The van der Waals surface area contributed by atoms with Crippen LogP contribution in [0.1, 0.15) is 37.8 Å². The van der Waals surface area contributed by atoms with Gasteiger partial charge in [-0.1, -0.05) is 19.9 Å². The SMILES string of the molecule is Cc1ccc(N2CCCC(C(=O)C(C)C)C2=O)cc1C. The van der Waals surface area contributed by atoms with E-state index in [0.717, 1.165) is 12.1 Å². The van der Waals surface area contributed by atoms with Crippen LogP contribution in [0.2, 0.25) is 0 Å². The Morgan fingerprint density at radius 1 is 1.25 bits per heavy atom. The van der Waals surface area contributed by atoms with E-state index in [1.807, 2.05) is 39.0 Å². The van der Waals surface area contributed by atoms with Crippen LogP contribution >= 0.6 is 0 Å². The zero-order valence-corrected chi connectivity index (χ0v) is 12.8.